The molecule has 2 aromatic heterocycles. The van der Waals surface area contributed by atoms with E-state index in [2.05, 4.69) is 15.4 Å². The number of carbonyl (C=O) groups is 2. The lowest BCUT2D eigenvalue weighted by Gasteiger charge is -2.14. The van der Waals surface area contributed by atoms with Crippen LogP contribution in [0.5, 0.6) is 0 Å². The minimum Gasteiger partial charge on any atom is -0.369 e. The third-order valence-corrected chi connectivity index (χ3v) is 4.67. The fourth-order valence-corrected chi connectivity index (χ4v) is 3.35. The van der Waals surface area contributed by atoms with Crippen molar-refractivity contribution in [2.45, 2.75) is 38.6 Å². The molecule has 0 aromatic carbocycles. The first-order valence-electron chi connectivity index (χ1n) is 7.59. The number of nitrogens with zero attached hydrogens (tertiary/aromatic N) is 3. The van der Waals surface area contributed by atoms with Gasteiger partial charge in [-0.1, -0.05) is 0 Å². The van der Waals surface area contributed by atoms with Crippen LogP contribution in [0.25, 0.3) is 0 Å². The maximum Gasteiger partial charge on any atom is 0.267 e. The van der Waals surface area contributed by atoms with Crippen LogP contribution in [0.4, 0.5) is 5.13 Å². The Morgan fingerprint density at radius 2 is 2.25 bits per heavy atom. The van der Waals surface area contributed by atoms with Crippen LogP contribution in [0, 0.1) is 0 Å². The molecule has 9 heteroatoms. The summed E-state index contributed by atoms with van der Waals surface area (Å²) in [5.41, 5.74) is 7.18. The summed E-state index contributed by atoms with van der Waals surface area (Å²) in [5, 5.41) is 8.99. The zero-order chi connectivity index (χ0) is 17.3. The summed E-state index contributed by atoms with van der Waals surface area (Å²) >= 11 is 1.20. The molecule has 0 bridgehead atoms. The van der Waals surface area contributed by atoms with Crippen LogP contribution in [-0.2, 0) is 28.9 Å². The Bertz CT molecular complexity index is 857. The molecule has 0 spiro atoms. The summed E-state index contributed by atoms with van der Waals surface area (Å²) in [4.78, 5) is 39.5. The highest BCUT2D eigenvalue weighted by Gasteiger charge is 2.22. The summed E-state index contributed by atoms with van der Waals surface area (Å²) in [7, 11) is 0. The van der Waals surface area contributed by atoms with E-state index in [0.717, 1.165) is 30.5 Å². The number of fused-ring (bicyclic) bond motifs is 1. The fourth-order valence-electron chi connectivity index (χ4n) is 2.64. The molecule has 1 atom stereocenters. The van der Waals surface area contributed by atoms with Gasteiger partial charge in [-0.25, -0.2) is 9.67 Å². The van der Waals surface area contributed by atoms with Crippen molar-refractivity contribution in [3.05, 3.63) is 38.8 Å². The maximum atomic E-state index is 12.4. The number of carbonyl (C=O) groups excluding carboxylic acids is 2. The number of primary amides is 1. The van der Waals surface area contributed by atoms with E-state index in [1.165, 1.54) is 16.0 Å². The summed E-state index contributed by atoms with van der Waals surface area (Å²) < 4.78 is 1.21. The lowest BCUT2D eigenvalue weighted by atomic mass is 10.2. The molecule has 0 saturated carbocycles. The zero-order valence-corrected chi connectivity index (χ0v) is 13.9. The van der Waals surface area contributed by atoms with E-state index in [1.54, 1.807) is 18.4 Å². The Labute approximate surface area is 141 Å². The van der Waals surface area contributed by atoms with E-state index in [-0.39, 0.29) is 17.9 Å². The van der Waals surface area contributed by atoms with Gasteiger partial charge in [-0.3, -0.25) is 14.4 Å². The molecule has 0 aliphatic heterocycles. The zero-order valence-electron chi connectivity index (χ0n) is 13.1. The Hall–Kier alpha value is -2.55. The van der Waals surface area contributed by atoms with Crippen molar-refractivity contribution in [3.63, 3.8) is 0 Å². The SMILES string of the molecule is C[C@H](C(=O)Nc1nc(CC(N)=O)cs1)n1nc2c(cc1=O)CCC2. The van der Waals surface area contributed by atoms with Gasteiger partial charge in [0.25, 0.3) is 11.5 Å². The quantitative estimate of drug-likeness (QED) is 0.812. The van der Waals surface area contributed by atoms with Crippen molar-refractivity contribution in [2.75, 3.05) is 5.32 Å². The van der Waals surface area contributed by atoms with Crippen LogP contribution in [0.3, 0.4) is 0 Å². The Morgan fingerprint density at radius 1 is 1.46 bits per heavy atom. The molecular weight excluding hydrogens is 330 g/mol. The monoisotopic (exact) mass is 347 g/mol. The summed E-state index contributed by atoms with van der Waals surface area (Å²) in [5.74, 6) is -0.872. The van der Waals surface area contributed by atoms with Crippen molar-refractivity contribution in [1.29, 1.82) is 0 Å². The van der Waals surface area contributed by atoms with E-state index in [1.807, 2.05) is 0 Å². The molecule has 2 amide bonds. The molecule has 2 aromatic rings. The molecular formula is C15H17N5O3S. The number of rotatable bonds is 5. The second-order valence-corrected chi connectivity index (χ2v) is 6.56. The molecule has 3 N–H and O–H groups in total. The maximum absolute atomic E-state index is 12.4. The first-order valence-corrected chi connectivity index (χ1v) is 8.47. The molecule has 1 aliphatic rings. The molecule has 0 radical (unpaired) electrons. The normalized spacial score (nSPS) is 14.2. The van der Waals surface area contributed by atoms with Crippen LogP contribution >= 0.6 is 11.3 Å². The van der Waals surface area contributed by atoms with Crippen molar-refractivity contribution in [2.24, 2.45) is 5.73 Å². The minimum absolute atomic E-state index is 0.0216. The molecule has 0 fully saturated rings. The third-order valence-electron chi connectivity index (χ3n) is 3.87. The number of nitrogens with two attached hydrogens (primary N) is 1. The number of hydrogen-bond acceptors (Lipinski definition) is 6. The average Bonchev–Trinajstić information content (AvgIpc) is 3.13. The van der Waals surface area contributed by atoms with Gasteiger partial charge in [0.2, 0.25) is 5.91 Å². The van der Waals surface area contributed by atoms with Gasteiger partial charge in [-0.15, -0.1) is 11.3 Å². The third kappa shape index (κ3) is 3.35. The van der Waals surface area contributed by atoms with E-state index >= 15 is 0 Å². The largest absolute Gasteiger partial charge is 0.369 e. The number of hydrogen-bond donors (Lipinski definition) is 2. The number of aryl methyl sites for hydroxylation is 2. The second-order valence-electron chi connectivity index (χ2n) is 5.70. The molecule has 24 heavy (non-hydrogen) atoms. The Kier molecular flexibility index (Phi) is 4.43. The van der Waals surface area contributed by atoms with E-state index in [0.29, 0.717) is 10.8 Å². The number of thiazole rings is 1. The van der Waals surface area contributed by atoms with Crippen molar-refractivity contribution in [3.8, 4) is 0 Å². The number of amides is 2. The van der Waals surface area contributed by atoms with E-state index in [4.69, 9.17) is 5.73 Å². The van der Waals surface area contributed by atoms with Crippen LogP contribution < -0.4 is 16.6 Å². The van der Waals surface area contributed by atoms with Gasteiger partial charge in [0.15, 0.2) is 5.13 Å². The molecule has 0 unspecified atom stereocenters. The van der Waals surface area contributed by atoms with Crippen molar-refractivity contribution in [1.82, 2.24) is 14.8 Å². The van der Waals surface area contributed by atoms with Gasteiger partial charge >= 0.3 is 0 Å². The number of nitrogens with one attached hydrogen (secondary N) is 1. The van der Waals surface area contributed by atoms with Gasteiger partial charge in [-0.2, -0.15) is 5.10 Å². The first kappa shape index (κ1) is 16.3. The highest BCUT2D eigenvalue weighted by molar-refractivity contribution is 7.13. The molecule has 1 aliphatic carbocycles. The van der Waals surface area contributed by atoms with Crippen LogP contribution in [0.2, 0.25) is 0 Å². The predicted octanol–water partition coefficient (Wildman–Crippen LogP) is 0.416. The highest BCUT2D eigenvalue weighted by atomic mass is 32.1. The number of aromatic nitrogens is 3. The van der Waals surface area contributed by atoms with Gasteiger partial charge < -0.3 is 11.1 Å². The first-order chi connectivity index (χ1) is 11.4. The van der Waals surface area contributed by atoms with E-state index < -0.39 is 11.9 Å². The topological polar surface area (TPSA) is 120 Å². The molecule has 0 saturated heterocycles. The lowest BCUT2D eigenvalue weighted by Crippen LogP contribution is -2.34. The smallest absolute Gasteiger partial charge is 0.267 e. The lowest BCUT2D eigenvalue weighted by molar-refractivity contribution is -0.119. The molecule has 2 heterocycles. The van der Waals surface area contributed by atoms with Crippen molar-refractivity contribution < 1.29 is 9.59 Å². The summed E-state index contributed by atoms with van der Waals surface area (Å²) in [6.07, 6.45) is 2.69. The summed E-state index contributed by atoms with van der Waals surface area (Å²) in [6.45, 7) is 1.61. The standard InChI is InChI=1S/C15H17N5O3S/c1-8(20-13(22)5-9-3-2-4-11(9)19-20)14(23)18-15-17-10(7-24-15)6-12(16)21/h5,7-8H,2-4,6H2,1H3,(H2,16,21)(H,17,18,23)/t8-/m1/s1. The Balaban J connectivity index is 1.74. The van der Waals surface area contributed by atoms with Gasteiger partial charge in [-0.05, 0) is 31.7 Å². The van der Waals surface area contributed by atoms with E-state index in [9.17, 15) is 14.4 Å². The number of anilines is 1. The van der Waals surface area contributed by atoms with Gasteiger partial charge in [0, 0.05) is 11.4 Å². The average molecular weight is 347 g/mol. The Morgan fingerprint density at radius 3 is 3.00 bits per heavy atom. The second kappa shape index (κ2) is 6.52. The molecule has 8 nitrogen and oxygen atoms in total. The minimum atomic E-state index is -0.758. The molecule has 126 valence electrons. The van der Waals surface area contributed by atoms with Crippen LogP contribution in [0.15, 0.2) is 16.2 Å². The van der Waals surface area contributed by atoms with Gasteiger partial charge in [0.05, 0.1) is 17.8 Å². The fraction of sp³-hybridized carbons (Fsp3) is 0.400. The summed E-state index contributed by atoms with van der Waals surface area (Å²) in [6, 6.07) is 0.805. The van der Waals surface area contributed by atoms with Crippen molar-refractivity contribution >= 4 is 28.3 Å². The predicted molar refractivity (Wildman–Crippen MR) is 88.9 cm³/mol. The van der Waals surface area contributed by atoms with Gasteiger partial charge in [0.1, 0.15) is 6.04 Å². The highest BCUT2D eigenvalue weighted by Crippen LogP contribution is 2.19. The molecule has 3 rings (SSSR count). The van der Waals surface area contributed by atoms with Crippen LogP contribution in [-0.4, -0.2) is 26.6 Å². The van der Waals surface area contributed by atoms with Crippen LogP contribution in [0.1, 0.15) is 36.3 Å².